The lowest BCUT2D eigenvalue weighted by Crippen LogP contribution is -2.56. The summed E-state index contributed by atoms with van der Waals surface area (Å²) in [5, 5.41) is 3.17. The lowest BCUT2D eigenvalue weighted by molar-refractivity contribution is 0.00578. The summed E-state index contributed by atoms with van der Waals surface area (Å²) < 4.78 is 13.3. The van der Waals surface area contributed by atoms with Gasteiger partial charge in [0, 0.05) is 4.47 Å². The van der Waals surface area contributed by atoms with Gasteiger partial charge in [0.2, 0.25) is 0 Å². The third-order valence-corrected chi connectivity index (χ3v) is 6.28. The highest BCUT2D eigenvalue weighted by Crippen LogP contribution is 2.42. The van der Waals surface area contributed by atoms with Gasteiger partial charge in [0.15, 0.2) is 0 Å². The quantitative estimate of drug-likeness (QED) is 0.715. The predicted octanol–water partition coefficient (Wildman–Crippen LogP) is 4.73. The van der Waals surface area contributed by atoms with Crippen molar-refractivity contribution in [3.8, 4) is 0 Å². The van der Waals surface area contributed by atoms with Crippen molar-refractivity contribution in [2.24, 2.45) is 0 Å². The fourth-order valence-electron chi connectivity index (χ4n) is 3.08. The van der Waals surface area contributed by atoms with E-state index in [0.717, 1.165) is 10.0 Å². The molecule has 1 amide bonds. The van der Waals surface area contributed by atoms with Gasteiger partial charge in [-0.25, -0.2) is 0 Å². The summed E-state index contributed by atoms with van der Waals surface area (Å²) in [7, 11) is -0.628. The average molecular weight is 430 g/mol. The largest absolute Gasteiger partial charge is 0.489 e. The highest BCUT2D eigenvalue weighted by Gasteiger charge is 2.59. The third-order valence-electron chi connectivity index (χ3n) is 5.59. The molecule has 1 atom stereocenters. The van der Waals surface area contributed by atoms with Crippen LogP contribution in [-0.2, 0) is 14.7 Å². The van der Waals surface area contributed by atoms with Crippen molar-refractivity contribution in [2.45, 2.75) is 51.3 Å². The molecule has 1 aliphatic heterocycles. The summed E-state index contributed by atoms with van der Waals surface area (Å²) in [5.41, 5.74) is -0.365. The molecular weight excluding hydrogens is 405 g/mol. The van der Waals surface area contributed by atoms with Gasteiger partial charge in [-0.15, -0.1) is 0 Å². The number of hydrogen-bond donors (Lipinski definition) is 1. The molecule has 0 aromatic heterocycles. The Bertz CT molecular complexity index is 824. The van der Waals surface area contributed by atoms with Crippen molar-refractivity contribution in [3.63, 3.8) is 0 Å². The fraction of sp³-hybridized carbons (Fsp3) is 0.381. The number of carbonyl (C=O) groups excluding carboxylic acids is 1. The molecule has 1 saturated heterocycles. The van der Waals surface area contributed by atoms with E-state index in [9.17, 15) is 4.79 Å². The van der Waals surface area contributed by atoms with Gasteiger partial charge < -0.3 is 14.6 Å². The number of halogens is 1. The molecule has 2 aromatic carbocycles. The van der Waals surface area contributed by atoms with E-state index in [-0.39, 0.29) is 5.91 Å². The molecule has 142 valence electrons. The molecule has 0 spiro atoms. The molecule has 0 bridgehead atoms. The molecule has 2 aromatic rings. The van der Waals surface area contributed by atoms with Crippen molar-refractivity contribution >= 4 is 29.0 Å². The summed E-state index contributed by atoms with van der Waals surface area (Å²) >= 11 is 3.46. The third kappa shape index (κ3) is 3.71. The van der Waals surface area contributed by atoms with Gasteiger partial charge in [-0.1, -0.05) is 42.5 Å². The molecule has 0 aliphatic carbocycles. The number of carbonyl (C=O) groups is 1. The monoisotopic (exact) mass is 429 g/mol. The average Bonchev–Trinajstić information content (AvgIpc) is 2.84. The van der Waals surface area contributed by atoms with Crippen LogP contribution >= 0.6 is 15.9 Å². The zero-order chi connectivity index (χ0) is 19.9. The second kappa shape index (κ2) is 7.08. The smallest absolute Gasteiger partial charge is 0.401 e. The molecule has 1 fully saturated rings. The van der Waals surface area contributed by atoms with Crippen molar-refractivity contribution in [3.05, 3.63) is 70.2 Å². The lowest BCUT2D eigenvalue weighted by Gasteiger charge is -2.33. The van der Waals surface area contributed by atoms with Gasteiger partial charge in [0.25, 0.3) is 5.91 Å². The Balaban J connectivity index is 2.00. The van der Waals surface area contributed by atoms with E-state index < -0.39 is 23.8 Å². The number of nitrogens with one attached hydrogen (secondary N) is 1. The number of benzene rings is 2. The van der Waals surface area contributed by atoms with Gasteiger partial charge in [-0.3, -0.25) is 4.79 Å². The second-order valence-electron chi connectivity index (χ2n) is 8.09. The van der Waals surface area contributed by atoms with E-state index in [1.54, 1.807) is 6.07 Å². The van der Waals surface area contributed by atoms with Crippen LogP contribution in [0.3, 0.4) is 0 Å². The van der Waals surface area contributed by atoms with E-state index in [1.807, 2.05) is 83.1 Å². The molecule has 0 saturated carbocycles. The van der Waals surface area contributed by atoms with Gasteiger partial charge in [0.1, 0.15) is 0 Å². The standard InChI is InChI=1S/C21H25BBrNO3/c1-19(2)20(3,4)27-22(26-19)21(5,15-11-7-6-8-12-15)24-18(25)16-13-9-10-14-17(16)23/h6-14H,1-5H3,(H,24,25)/t21-/m0/s1. The molecule has 4 nitrogen and oxygen atoms in total. The number of rotatable bonds is 4. The van der Waals surface area contributed by atoms with Crippen molar-refractivity contribution in [1.82, 2.24) is 5.32 Å². The second-order valence-corrected chi connectivity index (χ2v) is 8.94. The number of hydrogen-bond acceptors (Lipinski definition) is 3. The summed E-state index contributed by atoms with van der Waals surface area (Å²) in [4.78, 5) is 13.1. The Morgan fingerprint density at radius 1 is 0.963 bits per heavy atom. The molecule has 6 heteroatoms. The van der Waals surface area contributed by atoms with Gasteiger partial charge in [-0.05, 0) is 68.2 Å². The van der Waals surface area contributed by atoms with E-state index >= 15 is 0 Å². The van der Waals surface area contributed by atoms with Crippen LogP contribution in [0.15, 0.2) is 59.1 Å². The van der Waals surface area contributed by atoms with Crippen LogP contribution in [0, 0.1) is 0 Å². The Labute approximate surface area is 169 Å². The summed E-state index contributed by atoms with van der Waals surface area (Å²) in [6, 6.07) is 17.2. The van der Waals surface area contributed by atoms with Crippen molar-refractivity contribution < 1.29 is 14.1 Å². The lowest BCUT2D eigenvalue weighted by atomic mass is 9.61. The summed E-state index contributed by atoms with van der Waals surface area (Å²) in [6.45, 7) is 9.98. The first-order valence-electron chi connectivity index (χ1n) is 9.05. The van der Waals surface area contributed by atoms with Crippen LogP contribution in [0.25, 0.3) is 0 Å². The minimum atomic E-state index is -0.862. The first kappa shape index (κ1) is 20.1. The highest BCUT2D eigenvalue weighted by atomic mass is 79.9. The fourth-order valence-corrected chi connectivity index (χ4v) is 3.54. The SMILES string of the molecule is CC1(C)OB([C@@](C)(NC(=O)c2ccccc2Br)c2ccccc2)OC1(C)C. The van der Waals surface area contributed by atoms with Crippen LogP contribution in [0.5, 0.6) is 0 Å². The molecule has 27 heavy (non-hydrogen) atoms. The van der Waals surface area contributed by atoms with E-state index in [1.165, 1.54) is 0 Å². The molecule has 1 aliphatic rings. The van der Waals surface area contributed by atoms with Gasteiger partial charge >= 0.3 is 7.12 Å². The topological polar surface area (TPSA) is 47.6 Å². The number of amides is 1. The minimum Gasteiger partial charge on any atom is -0.401 e. The Morgan fingerprint density at radius 3 is 2.04 bits per heavy atom. The van der Waals surface area contributed by atoms with Crippen LogP contribution in [-0.4, -0.2) is 24.2 Å². The minimum absolute atomic E-state index is 0.191. The summed E-state index contributed by atoms with van der Waals surface area (Å²) in [5.74, 6) is -0.191. The Kier molecular flexibility index (Phi) is 5.27. The maximum absolute atomic E-state index is 13.1. The van der Waals surface area contributed by atoms with Crippen molar-refractivity contribution in [1.29, 1.82) is 0 Å². The van der Waals surface area contributed by atoms with Crippen molar-refractivity contribution in [2.75, 3.05) is 0 Å². The first-order valence-corrected chi connectivity index (χ1v) is 9.84. The Morgan fingerprint density at radius 2 is 1.48 bits per heavy atom. The zero-order valence-electron chi connectivity index (χ0n) is 16.4. The van der Waals surface area contributed by atoms with Crippen LogP contribution in [0.2, 0.25) is 0 Å². The van der Waals surface area contributed by atoms with E-state index in [4.69, 9.17) is 9.31 Å². The van der Waals surface area contributed by atoms with Gasteiger partial charge in [0.05, 0.1) is 22.2 Å². The predicted molar refractivity (Wildman–Crippen MR) is 111 cm³/mol. The molecule has 0 unspecified atom stereocenters. The zero-order valence-corrected chi connectivity index (χ0v) is 18.0. The molecule has 1 N–H and O–H groups in total. The van der Waals surface area contributed by atoms with Crippen LogP contribution < -0.4 is 5.32 Å². The normalized spacial score (nSPS) is 20.1. The molecule has 1 heterocycles. The molecular formula is C21H25BBrNO3. The molecule has 3 rings (SSSR count). The van der Waals surface area contributed by atoms with E-state index in [0.29, 0.717) is 5.56 Å². The van der Waals surface area contributed by atoms with Crippen LogP contribution in [0.1, 0.15) is 50.5 Å². The molecule has 0 radical (unpaired) electrons. The van der Waals surface area contributed by atoms with E-state index in [2.05, 4.69) is 21.2 Å². The summed E-state index contributed by atoms with van der Waals surface area (Å²) in [6.07, 6.45) is 0. The maximum atomic E-state index is 13.1. The maximum Gasteiger partial charge on any atom is 0.489 e. The highest BCUT2D eigenvalue weighted by molar-refractivity contribution is 9.10. The van der Waals surface area contributed by atoms with Gasteiger partial charge in [-0.2, -0.15) is 0 Å². The van der Waals surface area contributed by atoms with Crippen LogP contribution in [0.4, 0.5) is 0 Å². The first-order chi connectivity index (χ1) is 12.6. The Hall–Kier alpha value is -1.63.